The van der Waals surface area contributed by atoms with E-state index in [1.54, 1.807) is 0 Å². The smallest absolute Gasteiger partial charge is 0.0945 e. The maximum atomic E-state index is 4.77. The Kier molecular flexibility index (Phi) is 4.32. The molecule has 1 aromatic heterocycles. The molecule has 0 bridgehead atoms. The van der Waals surface area contributed by atoms with E-state index in [1.165, 1.54) is 20.8 Å². The van der Waals surface area contributed by atoms with E-state index in [1.807, 2.05) is 18.4 Å². The Morgan fingerprint density at radius 2 is 1.86 bits per heavy atom. The summed E-state index contributed by atoms with van der Waals surface area (Å²) in [6, 6.07) is 17.2. The van der Waals surface area contributed by atoms with Gasteiger partial charge in [-0.25, -0.2) is 4.98 Å². The predicted octanol–water partition coefficient (Wildman–Crippen LogP) is 4.15. The highest BCUT2D eigenvalue weighted by Crippen LogP contribution is 2.27. The van der Waals surface area contributed by atoms with Crippen molar-refractivity contribution in [2.45, 2.75) is 19.3 Å². The maximum absolute atomic E-state index is 4.77. The molecule has 0 fully saturated rings. The average molecular weight is 296 g/mol. The van der Waals surface area contributed by atoms with E-state index >= 15 is 0 Å². The number of thiazole rings is 1. The lowest BCUT2D eigenvalue weighted by molar-refractivity contribution is 0.624. The topological polar surface area (TPSA) is 24.9 Å². The number of rotatable bonds is 5. The molecule has 0 saturated carbocycles. The normalized spacial score (nSPS) is 12.7. The van der Waals surface area contributed by atoms with Gasteiger partial charge >= 0.3 is 0 Å². The van der Waals surface area contributed by atoms with Crippen molar-refractivity contribution in [3.05, 3.63) is 64.7 Å². The van der Waals surface area contributed by atoms with Gasteiger partial charge in [-0.05, 0) is 31.7 Å². The molecule has 0 saturated heterocycles. The number of para-hydroxylation sites is 1. The van der Waals surface area contributed by atoms with Gasteiger partial charge < -0.3 is 5.32 Å². The molecule has 21 heavy (non-hydrogen) atoms. The zero-order valence-corrected chi connectivity index (χ0v) is 13.3. The zero-order chi connectivity index (χ0) is 14.7. The third-order valence-corrected chi connectivity index (χ3v) is 4.82. The molecule has 3 rings (SSSR count). The number of fused-ring (bicyclic) bond motifs is 1. The van der Waals surface area contributed by atoms with E-state index in [2.05, 4.69) is 60.8 Å². The van der Waals surface area contributed by atoms with Gasteiger partial charge in [0.05, 0.1) is 15.2 Å². The van der Waals surface area contributed by atoms with Crippen molar-refractivity contribution in [1.29, 1.82) is 0 Å². The summed E-state index contributed by atoms with van der Waals surface area (Å²) in [5.41, 5.74) is 3.81. The molecule has 3 aromatic rings. The van der Waals surface area contributed by atoms with Crippen molar-refractivity contribution in [2.24, 2.45) is 0 Å². The predicted molar refractivity (Wildman–Crippen MR) is 91.2 cm³/mol. The Morgan fingerprint density at radius 1 is 1.10 bits per heavy atom. The van der Waals surface area contributed by atoms with E-state index < -0.39 is 0 Å². The van der Waals surface area contributed by atoms with Crippen LogP contribution in [0.1, 0.15) is 22.1 Å². The van der Waals surface area contributed by atoms with Crippen LogP contribution in [0.3, 0.4) is 0 Å². The Balaban J connectivity index is 1.85. The highest BCUT2D eigenvalue weighted by molar-refractivity contribution is 7.18. The fourth-order valence-corrected chi connectivity index (χ4v) is 3.66. The highest BCUT2D eigenvalue weighted by Gasteiger charge is 2.14. The molecular weight excluding hydrogens is 276 g/mol. The lowest BCUT2D eigenvalue weighted by Crippen LogP contribution is -2.19. The number of benzene rings is 2. The second kappa shape index (κ2) is 6.37. The SMILES string of the molecule is CNCC(Cc1nc2ccccc2s1)c1ccc(C)cc1. The van der Waals surface area contributed by atoms with Crippen molar-refractivity contribution >= 4 is 21.6 Å². The van der Waals surface area contributed by atoms with Gasteiger partial charge in [0.2, 0.25) is 0 Å². The summed E-state index contributed by atoms with van der Waals surface area (Å²) in [5.74, 6) is 0.469. The molecule has 2 aromatic carbocycles. The molecule has 3 heteroatoms. The van der Waals surface area contributed by atoms with Crippen molar-refractivity contribution in [1.82, 2.24) is 10.3 Å². The first-order chi connectivity index (χ1) is 10.3. The molecule has 0 radical (unpaired) electrons. The fourth-order valence-electron chi connectivity index (χ4n) is 2.61. The minimum atomic E-state index is 0.469. The average Bonchev–Trinajstić information content (AvgIpc) is 2.90. The van der Waals surface area contributed by atoms with E-state index in [0.29, 0.717) is 5.92 Å². The Morgan fingerprint density at radius 3 is 2.57 bits per heavy atom. The molecule has 0 aliphatic carbocycles. The molecule has 1 atom stereocenters. The van der Waals surface area contributed by atoms with Crippen molar-refractivity contribution in [3.63, 3.8) is 0 Å². The molecule has 1 N–H and O–H groups in total. The van der Waals surface area contributed by atoms with Gasteiger partial charge in [0.25, 0.3) is 0 Å². The molecule has 0 amide bonds. The molecular formula is C18H20N2S. The van der Waals surface area contributed by atoms with E-state index in [0.717, 1.165) is 18.5 Å². The summed E-state index contributed by atoms with van der Waals surface area (Å²) >= 11 is 1.81. The van der Waals surface area contributed by atoms with Gasteiger partial charge in [0, 0.05) is 18.9 Å². The third-order valence-electron chi connectivity index (χ3n) is 3.76. The Hall–Kier alpha value is -1.71. The first-order valence-corrected chi connectivity index (χ1v) is 8.13. The van der Waals surface area contributed by atoms with Crippen LogP contribution in [0.4, 0.5) is 0 Å². The fraction of sp³-hybridized carbons (Fsp3) is 0.278. The summed E-state index contributed by atoms with van der Waals surface area (Å²) in [4.78, 5) is 4.77. The number of hydrogen-bond acceptors (Lipinski definition) is 3. The first kappa shape index (κ1) is 14.2. The third kappa shape index (κ3) is 3.31. The summed E-state index contributed by atoms with van der Waals surface area (Å²) in [6.07, 6.45) is 0.989. The number of aromatic nitrogens is 1. The summed E-state index contributed by atoms with van der Waals surface area (Å²) in [5, 5.41) is 4.53. The minimum Gasteiger partial charge on any atom is -0.319 e. The maximum Gasteiger partial charge on any atom is 0.0945 e. The second-order valence-corrected chi connectivity index (χ2v) is 6.56. The van der Waals surface area contributed by atoms with Crippen LogP contribution in [0.25, 0.3) is 10.2 Å². The van der Waals surface area contributed by atoms with Gasteiger partial charge in [0.15, 0.2) is 0 Å². The number of likely N-dealkylation sites (N-methyl/N-ethyl adjacent to an activating group) is 1. The molecule has 0 spiro atoms. The van der Waals surface area contributed by atoms with Crippen LogP contribution in [0.2, 0.25) is 0 Å². The largest absolute Gasteiger partial charge is 0.319 e. The van der Waals surface area contributed by atoms with E-state index in [-0.39, 0.29) is 0 Å². The van der Waals surface area contributed by atoms with Crippen LogP contribution in [-0.2, 0) is 6.42 Å². The second-order valence-electron chi connectivity index (χ2n) is 5.44. The lowest BCUT2D eigenvalue weighted by Gasteiger charge is -2.16. The minimum absolute atomic E-state index is 0.469. The van der Waals surface area contributed by atoms with Crippen LogP contribution < -0.4 is 5.32 Å². The summed E-state index contributed by atoms with van der Waals surface area (Å²) < 4.78 is 1.28. The van der Waals surface area contributed by atoms with Gasteiger partial charge in [0.1, 0.15) is 0 Å². The molecule has 1 heterocycles. The van der Waals surface area contributed by atoms with Gasteiger partial charge in [-0.1, -0.05) is 42.0 Å². The molecule has 108 valence electrons. The van der Waals surface area contributed by atoms with Gasteiger partial charge in [-0.3, -0.25) is 0 Å². The number of hydrogen-bond donors (Lipinski definition) is 1. The Labute approximate surface area is 129 Å². The summed E-state index contributed by atoms with van der Waals surface area (Å²) in [6.45, 7) is 3.10. The standard InChI is InChI=1S/C18H20N2S/c1-13-7-9-14(10-8-13)15(12-19-2)11-18-20-16-5-3-4-6-17(16)21-18/h3-10,15,19H,11-12H2,1-2H3. The molecule has 0 aliphatic heterocycles. The van der Waals surface area contributed by atoms with E-state index in [4.69, 9.17) is 4.98 Å². The molecule has 0 aliphatic rings. The van der Waals surface area contributed by atoms with Crippen LogP contribution >= 0.6 is 11.3 Å². The van der Waals surface area contributed by atoms with Crippen LogP contribution in [0, 0.1) is 6.92 Å². The zero-order valence-electron chi connectivity index (χ0n) is 12.5. The van der Waals surface area contributed by atoms with E-state index in [9.17, 15) is 0 Å². The van der Waals surface area contributed by atoms with Crippen LogP contribution in [-0.4, -0.2) is 18.6 Å². The van der Waals surface area contributed by atoms with Gasteiger partial charge in [-0.2, -0.15) is 0 Å². The van der Waals surface area contributed by atoms with Crippen molar-refractivity contribution < 1.29 is 0 Å². The number of aryl methyl sites for hydroxylation is 1. The number of nitrogens with one attached hydrogen (secondary N) is 1. The highest BCUT2D eigenvalue weighted by atomic mass is 32.1. The van der Waals surface area contributed by atoms with Crippen molar-refractivity contribution in [3.8, 4) is 0 Å². The van der Waals surface area contributed by atoms with Crippen molar-refractivity contribution in [2.75, 3.05) is 13.6 Å². The van der Waals surface area contributed by atoms with Crippen LogP contribution in [0.5, 0.6) is 0 Å². The molecule has 1 unspecified atom stereocenters. The first-order valence-electron chi connectivity index (χ1n) is 7.32. The monoisotopic (exact) mass is 296 g/mol. The van der Waals surface area contributed by atoms with Gasteiger partial charge in [-0.15, -0.1) is 11.3 Å². The Bertz CT molecular complexity index is 682. The van der Waals surface area contributed by atoms with Crippen LogP contribution in [0.15, 0.2) is 48.5 Å². The summed E-state index contributed by atoms with van der Waals surface area (Å²) in [7, 11) is 2.01. The molecule has 2 nitrogen and oxygen atoms in total. The lowest BCUT2D eigenvalue weighted by atomic mass is 9.95. The quantitative estimate of drug-likeness (QED) is 0.765. The number of nitrogens with zero attached hydrogens (tertiary/aromatic N) is 1.